The van der Waals surface area contributed by atoms with Crippen molar-refractivity contribution >= 4 is 23.8 Å². The van der Waals surface area contributed by atoms with Crippen molar-refractivity contribution < 1.29 is 19.4 Å². The summed E-state index contributed by atoms with van der Waals surface area (Å²) in [6, 6.07) is 19.0. The van der Waals surface area contributed by atoms with Gasteiger partial charge < -0.3 is 15.2 Å². The van der Waals surface area contributed by atoms with Crippen LogP contribution < -0.4 is 5.32 Å². The third kappa shape index (κ3) is 5.11. The fourth-order valence-electron chi connectivity index (χ4n) is 3.90. The molecule has 0 radical (unpaired) electrons. The van der Waals surface area contributed by atoms with Crippen molar-refractivity contribution in [1.29, 1.82) is 0 Å². The van der Waals surface area contributed by atoms with Crippen molar-refractivity contribution in [2.45, 2.75) is 18.4 Å². The second kappa shape index (κ2) is 10.3. The van der Waals surface area contributed by atoms with Gasteiger partial charge in [0.05, 0.1) is 0 Å². The van der Waals surface area contributed by atoms with Crippen molar-refractivity contribution in [3.8, 4) is 11.1 Å². The van der Waals surface area contributed by atoms with Gasteiger partial charge in [-0.05, 0) is 52.1 Å². The molecule has 164 valence electrons. The molecule has 1 atom stereocenters. The van der Waals surface area contributed by atoms with Crippen molar-refractivity contribution in [2.75, 3.05) is 18.1 Å². The molecule has 0 saturated carbocycles. The van der Waals surface area contributed by atoms with Gasteiger partial charge in [0.2, 0.25) is 0 Å². The topological polar surface area (TPSA) is 88.5 Å². The number of nitrogens with one attached hydrogen (secondary N) is 1. The zero-order valence-electron chi connectivity index (χ0n) is 17.4. The van der Waals surface area contributed by atoms with E-state index in [2.05, 4.69) is 22.4 Å². The number of carboxylic acids is 1. The highest BCUT2D eigenvalue weighted by atomic mass is 32.2. The van der Waals surface area contributed by atoms with Crippen LogP contribution in [0.15, 0.2) is 73.1 Å². The molecule has 2 aromatic carbocycles. The Kier molecular flexibility index (Phi) is 7.07. The fourth-order valence-corrected chi connectivity index (χ4v) is 4.91. The van der Waals surface area contributed by atoms with Crippen molar-refractivity contribution in [3.05, 3.63) is 89.7 Å². The second-order valence-corrected chi connectivity index (χ2v) is 8.69. The highest BCUT2D eigenvalue weighted by molar-refractivity contribution is 7.99. The lowest BCUT2D eigenvalue weighted by molar-refractivity contribution is -0.138. The molecular weight excluding hydrogens is 424 g/mol. The summed E-state index contributed by atoms with van der Waals surface area (Å²) < 4.78 is 5.47. The van der Waals surface area contributed by atoms with Crippen LogP contribution in [0.4, 0.5) is 4.79 Å². The minimum Gasteiger partial charge on any atom is -0.480 e. The zero-order chi connectivity index (χ0) is 22.3. The number of nitrogens with zero attached hydrogens (tertiary/aromatic N) is 1. The molecule has 1 heterocycles. The van der Waals surface area contributed by atoms with Gasteiger partial charge in [0, 0.05) is 24.1 Å². The van der Waals surface area contributed by atoms with Gasteiger partial charge >= 0.3 is 12.1 Å². The number of carboxylic acid groups (broad SMARTS) is 1. The van der Waals surface area contributed by atoms with E-state index in [1.807, 2.05) is 48.5 Å². The number of pyridine rings is 1. The minimum atomic E-state index is -1.07. The van der Waals surface area contributed by atoms with Crippen molar-refractivity contribution in [1.82, 2.24) is 10.3 Å². The Morgan fingerprint density at radius 2 is 1.62 bits per heavy atom. The SMILES string of the molecule is O=C(NC(CSCCc1ccncc1)C(=O)O)OCC1c2ccccc2-c2ccccc21. The van der Waals surface area contributed by atoms with Crippen LogP contribution in [0.1, 0.15) is 22.6 Å². The van der Waals surface area contributed by atoms with Gasteiger partial charge in [-0.15, -0.1) is 0 Å². The van der Waals surface area contributed by atoms with Gasteiger partial charge in [0.25, 0.3) is 0 Å². The average Bonchev–Trinajstić information content (AvgIpc) is 3.14. The van der Waals surface area contributed by atoms with Gasteiger partial charge in [0.1, 0.15) is 12.6 Å². The van der Waals surface area contributed by atoms with Crippen molar-refractivity contribution in [2.24, 2.45) is 0 Å². The van der Waals surface area contributed by atoms with Gasteiger partial charge in [0.15, 0.2) is 0 Å². The number of aromatic nitrogens is 1. The second-order valence-electron chi connectivity index (χ2n) is 7.54. The molecule has 0 saturated heterocycles. The number of rotatable bonds is 9. The molecule has 7 heteroatoms. The van der Waals surface area contributed by atoms with Gasteiger partial charge in [-0.1, -0.05) is 48.5 Å². The lowest BCUT2D eigenvalue weighted by Gasteiger charge is -2.17. The molecule has 0 bridgehead atoms. The molecule has 4 rings (SSSR count). The van der Waals surface area contributed by atoms with E-state index in [0.717, 1.165) is 40.0 Å². The molecule has 0 aliphatic heterocycles. The van der Waals surface area contributed by atoms with E-state index in [1.165, 1.54) is 11.8 Å². The summed E-state index contributed by atoms with van der Waals surface area (Å²) in [6.45, 7) is 0.154. The Morgan fingerprint density at radius 1 is 1.00 bits per heavy atom. The Bertz CT molecular complexity index is 1040. The van der Waals surface area contributed by atoms with Crippen LogP contribution in [0.3, 0.4) is 0 Å². The maximum Gasteiger partial charge on any atom is 0.407 e. The molecule has 1 unspecified atom stereocenters. The average molecular weight is 449 g/mol. The molecule has 0 spiro atoms. The molecule has 1 aliphatic rings. The standard InChI is InChI=1S/C25H24N2O4S/c28-24(29)23(16-32-14-11-17-9-12-26-13-10-17)27-25(30)31-15-22-20-7-3-1-5-18(20)19-6-2-4-8-21(19)22/h1-10,12-13,22-23H,11,14-16H2,(H,27,30)(H,28,29). The number of hydrogen-bond acceptors (Lipinski definition) is 5. The van der Waals surface area contributed by atoms with Gasteiger partial charge in [-0.2, -0.15) is 11.8 Å². The third-order valence-electron chi connectivity index (χ3n) is 5.50. The Morgan fingerprint density at radius 3 is 2.25 bits per heavy atom. The Labute approximate surface area is 191 Å². The van der Waals surface area contributed by atoms with Crippen LogP contribution in [-0.4, -0.2) is 46.3 Å². The summed E-state index contributed by atoms with van der Waals surface area (Å²) >= 11 is 1.48. The normalized spacial score (nSPS) is 13.1. The summed E-state index contributed by atoms with van der Waals surface area (Å²) in [5.74, 6) is -0.119. The highest BCUT2D eigenvalue weighted by Crippen LogP contribution is 2.44. The first-order valence-electron chi connectivity index (χ1n) is 10.4. The summed E-state index contributed by atoms with van der Waals surface area (Å²) in [7, 11) is 0. The molecule has 0 fully saturated rings. The molecule has 3 aromatic rings. The zero-order valence-corrected chi connectivity index (χ0v) is 18.3. The molecule has 1 aromatic heterocycles. The number of aliphatic carboxylic acids is 1. The fraction of sp³-hybridized carbons (Fsp3) is 0.240. The van der Waals surface area contributed by atoms with Crippen LogP contribution in [0.25, 0.3) is 11.1 Å². The molecule has 2 N–H and O–H groups in total. The number of amides is 1. The molecule has 1 aliphatic carbocycles. The monoisotopic (exact) mass is 448 g/mol. The van der Waals surface area contributed by atoms with Crippen LogP contribution in [0.5, 0.6) is 0 Å². The summed E-state index contributed by atoms with van der Waals surface area (Å²) in [5.41, 5.74) is 5.66. The lowest BCUT2D eigenvalue weighted by atomic mass is 9.98. The number of carbonyl (C=O) groups excluding carboxylic acids is 1. The van der Waals surface area contributed by atoms with Crippen LogP contribution in [0, 0.1) is 0 Å². The van der Waals surface area contributed by atoms with Gasteiger partial charge in [-0.25, -0.2) is 9.59 Å². The summed E-state index contributed by atoms with van der Waals surface area (Å²) in [6.07, 6.45) is 3.57. The van der Waals surface area contributed by atoms with E-state index >= 15 is 0 Å². The number of alkyl carbamates (subject to hydrolysis) is 1. The molecule has 32 heavy (non-hydrogen) atoms. The van der Waals surface area contributed by atoms with E-state index in [-0.39, 0.29) is 18.3 Å². The van der Waals surface area contributed by atoms with Gasteiger partial charge in [-0.3, -0.25) is 4.98 Å². The number of thioether (sulfide) groups is 1. The predicted molar refractivity (Wildman–Crippen MR) is 125 cm³/mol. The number of hydrogen-bond donors (Lipinski definition) is 2. The molecule has 1 amide bonds. The largest absolute Gasteiger partial charge is 0.480 e. The molecular formula is C25H24N2O4S. The lowest BCUT2D eigenvalue weighted by Crippen LogP contribution is -2.43. The van der Waals surface area contributed by atoms with E-state index in [0.29, 0.717) is 0 Å². The maximum absolute atomic E-state index is 12.4. The number of aryl methyl sites for hydroxylation is 1. The third-order valence-corrected chi connectivity index (χ3v) is 6.56. The highest BCUT2D eigenvalue weighted by Gasteiger charge is 2.29. The van der Waals surface area contributed by atoms with E-state index in [9.17, 15) is 14.7 Å². The summed E-state index contributed by atoms with van der Waals surface area (Å²) in [4.78, 5) is 28.0. The van der Waals surface area contributed by atoms with E-state index < -0.39 is 18.1 Å². The quantitative estimate of drug-likeness (QED) is 0.473. The number of fused-ring (bicyclic) bond motifs is 3. The molecule has 6 nitrogen and oxygen atoms in total. The van der Waals surface area contributed by atoms with E-state index in [1.54, 1.807) is 12.4 Å². The maximum atomic E-state index is 12.4. The first-order valence-corrected chi connectivity index (χ1v) is 11.6. The van der Waals surface area contributed by atoms with Crippen molar-refractivity contribution in [3.63, 3.8) is 0 Å². The first kappa shape index (κ1) is 21.9. The van der Waals surface area contributed by atoms with E-state index in [4.69, 9.17) is 4.74 Å². The number of benzene rings is 2. The van der Waals surface area contributed by atoms with Crippen LogP contribution in [0.2, 0.25) is 0 Å². The van der Waals surface area contributed by atoms with Crippen LogP contribution >= 0.6 is 11.8 Å². The Hall–Kier alpha value is -3.32. The Balaban J connectivity index is 1.30. The number of carbonyl (C=O) groups is 2. The minimum absolute atomic E-state index is 0.0637. The predicted octanol–water partition coefficient (Wildman–Crippen LogP) is 4.35. The number of ether oxygens (including phenoxy) is 1. The smallest absolute Gasteiger partial charge is 0.407 e. The first-order chi connectivity index (χ1) is 15.6. The summed E-state index contributed by atoms with van der Waals surface area (Å²) in [5, 5.41) is 12.0. The van der Waals surface area contributed by atoms with Crippen LogP contribution in [-0.2, 0) is 16.0 Å².